The van der Waals surface area contributed by atoms with E-state index in [4.69, 9.17) is 0 Å². The fraction of sp³-hybridized carbons (Fsp3) is 0.760. The molecule has 0 aliphatic heterocycles. The van der Waals surface area contributed by atoms with Gasteiger partial charge in [-0.15, -0.1) is 0 Å². The lowest BCUT2D eigenvalue weighted by Crippen LogP contribution is -2.32. The van der Waals surface area contributed by atoms with Crippen molar-refractivity contribution in [1.29, 1.82) is 0 Å². The van der Waals surface area contributed by atoms with Crippen molar-refractivity contribution in [3.05, 3.63) is 34.9 Å². The molecule has 0 radical (unpaired) electrons. The molecule has 0 bridgehead atoms. The van der Waals surface area contributed by atoms with E-state index in [2.05, 4.69) is 76.9 Å². The summed E-state index contributed by atoms with van der Waals surface area (Å²) in [4.78, 5) is 2.55. The van der Waals surface area contributed by atoms with Gasteiger partial charge in [-0.2, -0.15) is 0 Å². The molecule has 1 atom stereocenters. The maximum Gasteiger partial charge on any atom is 0.0137 e. The van der Waals surface area contributed by atoms with Crippen LogP contribution >= 0.6 is 0 Å². The van der Waals surface area contributed by atoms with Crippen LogP contribution in [0.25, 0.3) is 0 Å². The Morgan fingerprint density at radius 2 is 1.44 bits per heavy atom. The van der Waals surface area contributed by atoms with Crippen molar-refractivity contribution in [1.82, 2.24) is 10.2 Å². The lowest BCUT2D eigenvalue weighted by atomic mass is 10.1. The standard InChI is InChI=1S/C25H48N2/c1-8-27(9-2)25(7)18-10-11-20-26-21-19-24(6)17-13-16-23(5)15-12-14-22(3)4/h14,16,19,25-26H,8-13,15,17-18,20-21H2,1-7H3/b23-16+,24-19+. The van der Waals surface area contributed by atoms with Crippen molar-refractivity contribution < 1.29 is 0 Å². The molecule has 0 saturated heterocycles. The Bertz CT molecular complexity index is 437. The number of hydrogen-bond acceptors (Lipinski definition) is 2. The molecule has 1 N–H and O–H groups in total. The molecule has 0 spiro atoms. The topological polar surface area (TPSA) is 15.3 Å². The van der Waals surface area contributed by atoms with Crippen LogP contribution in [0.15, 0.2) is 34.9 Å². The zero-order chi connectivity index (χ0) is 20.5. The van der Waals surface area contributed by atoms with Crippen molar-refractivity contribution in [2.24, 2.45) is 0 Å². The maximum absolute atomic E-state index is 3.57. The second kappa shape index (κ2) is 17.3. The van der Waals surface area contributed by atoms with E-state index < -0.39 is 0 Å². The van der Waals surface area contributed by atoms with E-state index >= 15 is 0 Å². The molecule has 1 unspecified atom stereocenters. The van der Waals surface area contributed by atoms with Gasteiger partial charge >= 0.3 is 0 Å². The molecular weight excluding hydrogens is 328 g/mol. The average molecular weight is 377 g/mol. The predicted molar refractivity (Wildman–Crippen MR) is 125 cm³/mol. The first kappa shape index (κ1) is 26.1. The van der Waals surface area contributed by atoms with Gasteiger partial charge in [0.25, 0.3) is 0 Å². The Labute approximate surface area is 171 Å². The van der Waals surface area contributed by atoms with Crippen LogP contribution in [0.3, 0.4) is 0 Å². The highest BCUT2D eigenvalue weighted by Crippen LogP contribution is 2.11. The van der Waals surface area contributed by atoms with Gasteiger partial charge in [-0.3, -0.25) is 0 Å². The summed E-state index contributed by atoms with van der Waals surface area (Å²) in [5, 5.41) is 3.57. The van der Waals surface area contributed by atoms with Gasteiger partial charge in [-0.25, -0.2) is 0 Å². The molecule has 0 aromatic heterocycles. The third-order valence-electron chi connectivity index (χ3n) is 5.38. The first-order chi connectivity index (χ1) is 12.9. The zero-order valence-electron chi connectivity index (χ0n) is 19.5. The highest BCUT2D eigenvalue weighted by molar-refractivity contribution is 5.05. The number of hydrogen-bond donors (Lipinski definition) is 1. The Hall–Kier alpha value is -0.860. The molecule has 0 amide bonds. The van der Waals surface area contributed by atoms with Gasteiger partial charge in [0.05, 0.1) is 0 Å². The molecule has 0 aromatic rings. The monoisotopic (exact) mass is 376 g/mol. The van der Waals surface area contributed by atoms with Crippen LogP contribution in [0, 0.1) is 0 Å². The summed E-state index contributed by atoms with van der Waals surface area (Å²) in [6.07, 6.45) is 15.8. The van der Waals surface area contributed by atoms with Crippen molar-refractivity contribution in [2.75, 3.05) is 26.2 Å². The van der Waals surface area contributed by atoms with E-state index in [-0.39, 0.29) is 0 Å². The summed E-state index contributed by atoms with van der Waals surface area (Å²) in [5.74, 6) is 0. The molecule has 0 fully saturated rings. The summed E-state index contributed by atoms with van der Waals surface area (Å²) in [6.45, 7) is 20.3. The van der Waals surface area contributed by atoms with Gasteiger partial charge in [0, 0.05) is 12.6 Å². The molecule has 2 nitrogen and oxygen atoms in total. The fourth-order valence-corrected chi connectivity index (χ4v) is 3.41. The van der Waals surface area contributed by atoms with Gasteiger partial charge in [0.1, 0.15) is 0 Å². The van der Waals surface area contributed by atoms with E-state index in [1.54, 1.807) is 0 Å². The smallest absolute Gasteiger partial charge is 0.0137 e. The summed E-state index contributed by atoms with van der Waals surface area (Å²) < 4.78 is 0. The summed E-state index contributed by atoms with van der Waals surface area (Å²) >= 11 is 0. The molecule has 0 heterocycles. The van der Waals surface area contributed by atoms with Crippen LogP contribution in [-0.2, 0) is 0 Å². The van der Waals surface area contributed by atoms with Crippen molar-refractivity contribution >= 4 is 0 Å². The van der Waals surface area contributed by atoms with Gasteiger partial charge in [-0.1, -0.05) is 55.2 Å². The predicted octanol–water partition coefficient (Wildman–Crippen LogP) is 6.90. The first-order valence-corrected chi connectivity index (χ1v) is 11.3. The Kier molecular flexibility index (Phi) is 16.7. The van der Waals surface area contributed by atoms with E-state index in [1.807, 2.05) is 0 Å². The minimum atomic E-state index is 0.723. The van der Waals surface area contributed by atoms with E-state index in [1.165, 1.54) is 74.8 Å². The SMILES string of the molecule is CCN(CC)C(C)CCCCNC/C=C(\C)CC/C=C(\C)CCC=C(C)C. The molecule has 0 saturated carbocycles. The van der Waals surface area contributed by atoms with Crippen LogP contribution in [0.1, 0.15) is 93.4 Å². The van der Waals surface area contributed by atoms with Crippen molar-refractivity contribution in [2.45, 2.75) is 99.5 Å². The lowest BCUT2D eigenvalue weighted by molar-refractivity contribution is 0.217. The molecule has 0 aliphatic carbocycles. The largest absolute Gasteiger partial charge is 0.313 e. The minimum Gasteiger partial charge on any atom is -0.313 e. The van der Waals surface area contributed by atoms with Gasteiger partial charge in [0.2, 0.25) is 0 Å². The number of nitrogens with one attached hydrogen (secondary N) is 1. The lowest BCUT2D eigenvalue weighted by Gasteiger charge is -2.26. The van der Waals surface area contributed by atoms with Crippen LogP contribution in [0.2, 0.25) is 0 Å². The van der Waals surface area contributed by atoms with Crippen LogP contribution < -0.4 is 5.32 Å². The zero-order valence-corrected chi connectivity index (χ0v) is 19.5. The maximum atomic E-state index is 3.57. The molecular formula is C25H48N2. The quantitative estimate of drug-likeness (QED) is 0.233. The highest BCUT2D eigenvalue weighted by Gasteiger charge is 2.08. The molecule has 158 valence electrons. The van der Waals surface area contributed by atoms with Gasteiger partial charge < -0.3 is 10.2 Å². The Morgan fingerprint density at radius 1 is 0.852 bits per heavy atom. The van der Waals surface area contributed by atoms with Crippen molar-refractivity contribution in [3.8, 4) is 0 Å². The summed E-state index contributed by atoms with van der Waals surface area (Å²) in [5.41, 5.74) is 4.45. The molecule has 27 heavy (non-hydrogen) atoms. The average Bonchev–Trinajstić information content (AvgIpc) is 2.61. The summed E-state index contributed by atoms with van der Waals surface area (Å²) in [7, 11) is 0. The van der Waals surface area contributed by atoms with Crippen LogP contribution in [0.4, 0.5) is 0 Å². The van der Waals surface area contributed by atoms with Gasteiger partial charge in [0.15, 0.2) is 0 Å². The third kappa shape index (κ3) is 15.9. The number of allylic oxidation sites excluding steroid dienone is 5. The third-order valence-corrected chi connectivity index (χ3v) is 5.38. The highest BCUT2D eigenvalue weighted by atomic mass is 15.1. The van der Waals surface area contributed by atoms with Crippen molar-refractivity contribution in [3.63, 3.8) is 0 Å². The first-order valence-electron chi connectivity index (χ1n) is 11.3. The van der Waals surface area contributed by atoms with E-state index in [9.17, 15) is 0 Å². The van der Waals surface area contributed by atoms with E-state index in [0.29, 0.717) is 0 Å². The normalized spacial score (nSPS) is 13.9. The number of unbranched alkanes of at least 4 members (excludes halogenated alkanes) is 1. The Morgan fingerprint density at radius 3 is 2.04 bits per heavy atom. The molecule has 0 aromatic carbocycles. The minimum absolute atomic E-state index is 0.723. The number of nitrogens with zero attached hydrogens (tertiary/aromatic N) is 1. The van der Waals surface area contributed by atoms with Gasteiger partial charge in [-0.05, 0) is 92.8 Å². The second-order valence-corrected chi connectivity index (χ2v) is 8.23. The molecule has 2 heteroatoms. The number of rotatable bonds is 16. The summed E-state index contributed by atoms with van der Waals surface area (Å²) in [6, 6.07) is 0.723. The fourth-order valence-electron chi connectivity index (χ4n) is 3.41. The van der Waals surface area contributed by atoms with Crippen LogP contribution in [-0.4, -0.2) is 37.1 Å². The molecule has 0 aliphatic rings. The second-order valence-electron chi connectivity index (χ2n) is 8.23. The van der Waals surface area contributed by atoms with Crippen LogP contribution in [0.5, 0.6) is 0 Å². The Balaban J connectivity index is 3.75. The van der Waals surface area contributed by atoms with E-state index in [0.717, 1.165) is 19.1 Å². The molecule has 0 rings (SSSR count).